The molecule has 4 bridgehead atoms. The highest BCUT2D eigenvalue weighted by Gasteiger charge is 2.32. The maximum absolute atomic E-state index is 14.4. The molecule has 12 nitrogen and oxygen atoms in total. The lowest BCUT2D eigenvalue weighted by molar-refractivity contribution is 0.0509. The standard InChI is InChI=1S/C34H41N7O5S/c1-22-9-7-10-23(2)31(22)28-16-30-38-33(37-28)39-47(44,45)27-12-8-11-24(15-27)32(43)41(26(21-46-30)17-34(3,4)5)20-25-18-35-19-29(36-25)40(6)13-14-42/h7-12,15-16,18-19,26,42H,13-14,17,20-21H2,1-6H3,(H,37,38,39)/t26-/m1/s1. The Morgan fingerprint density at radius 3 is 2.47 bits per heavy atom. The van der Waals surface area contributed by atoms with Gasteiger partial charge in [-0.15, -0.1) is 0 Å². The van der Waals surface area contributed by atoms with E-state index in [-0.39, 0.29) is 53.4 Å². The fourth-order valence-electron chi connectivity index (χ4n) is 5.64. The van der Waals surface area contributed by atoms with Crippen molar-refractivity contribution in [1.29, 1.82) is 0 Å². The highest BCUT2D eigenvalue weighted by atomic mass is 32.2. The first-order valence-electron chi connectivity index (χ1n) is 15.4. The number of aryl methyl sites for hydroxylation is 2. The van der Waals surface area contributed by atoms with Gasteiger partial charge in [-0.05, 0) is 55.0 Å². The second-order valence-electron chi connectivity index (χ2n) is 13.0. The van der Waals surface area contributed by atoms with E-state index in [9.17, 15) is 18.3 Å². The summed E-state index contributed by atoms with van der Waals surface area (Å²) in [5.74, 6) is 0.189. The maximum atomic E-state index is 14.4. The smallest absolute Gasteiger partial charge is 0.264 e. The number of ether oxygens (including phenoxy) is 1. The first-order chi connectivity index (χ1) is 22.2. The summed E-state index contributed by atoms with van der Waals surface area (Å²) in [5.41, 5.74) is 3.77. The van der Waals surface area contributed by atoms with Gasteiger partial charge < -0.3 is 19.6 Å². The summed E-state index contributed by atoms with van der Waals surface area (Å²) in [6.45, 7) is 10.6. The Morgan fingerprint density at radius 1 is 1.04 bits per heavy atom. The number of anilines is 2. The molecule has 0 saturated carbocycles. The monoisotopic (exact) mass is 659 g/mol. The molecule has 4 aromatic rings. The topological polar surface area (TPSA) is 151 Å². The second-order valence-corrected chi connectivity index (χ2v) is 14.7. The van der Waals surface area contributed by atoms with Crippen molar-refractivity contribution in [2.75, 3.05) is 36.4 Å². The normalized spacial score (nSPS) is 16.3. The van der Waals surface area contributed by atoms with E-state index >= 15 is 0 Å². The van der Waals surface area contributed by atoms with Crippen molar-refractivity contribution < 1.29 is 23.1 Å². The van der Waals surface area contributed by atoms with Crippen LogP contribution in [0.3, 0.4) is 0 Å². The number of likely N-dealkylation sites (N-methyl/N-ethyl adjacent to an activating group) is 1. The number of aromatic nitrogens is 4. The molecule has 0 aliphatic carbocycles. The number of aliphatic hydroxyl groups is 1. The quantitative estimate of drug-likeness (QED) is 0.288. The summed E-state index contributed by atoms with van der Waals surface area (Å²) < 4.78 is 36.1. The Bertz CT molecular complexity index is 1860. The molecule has 0 radical (unpaired) electrons. The third kappa shape index (κ3) is 8.03. The molecule has 1 aliphatic heterocycles. The predicted molar refractivity (Wildman–Crippen MR) is 180 cm³/mol. The van der Waals surface area contributed by atoms with E-state index in [2.05, 4.69) is 40.4 Å². The molecule has 248 valence electrons. The Hall–Kier alpha value is -4.62. The minimum Gasteiger partial charge on any atom is -0.475 e. The van der Waals surface area contributed by atoms with Crippen LogP contribution in [0.1, 0.15) is 54.4 Å². The van der Waals surface area contributed by atoms with Crippen LogP contribution in [0.2, 0.25) is 0 Å². The van der Waals surface area contributed by atoms with E-state index in [1.165, 1.54) is 12.1 Å². The number of fused-ring (bicyclic) bond motifs is 4. The van der Waals surface area contributed by atoms with Gasteiger partial charge in [-0.2, -0.15) is 4.98 Å². The minimum absolute atomic E-state index is 0.0536. The molecule has 1 atom stereocenters. The molecule has 13 heteroatoms. The number of amides is 1. The summed E-state index contributed by atoms with van der Waals surface area (Å²) >= 11 is 0. The number of rotatable bonds is 7. The van der Waals surface area contributed by atoms with Crippen LogP contribution >= 0.6 is 0 Å². The van der Waals surface area contributed by atoms with Crippen molar-refractivity contribution in [3.8, 4) is 17.1 Å². The largest absolute Gasteiger partial charge is 0.475 e. The van der Waals surface area contributed by atoms with Crippen LogP contribution in [0.4, 0.5) is 11.8 Å². The first-order valence-corrected chi connectivity index (χ1v) is 16.9. The van der Waals surface area contributed by atoms with Gasteiger partial charge >= 0.3 is 0 Å². The molecule has 47 heavy (non-hydrogen) atoms. The number of nitrogens with one attached hydrogen (secondary N) is 1. The Balaban J connectivity index is 1.65. The number of aliphatic hydroxyl groups excluding tert-OH is 1. The number of sulfonamides is 1. The Morgan fingerprint density at radius 2 is 1.77 bits per heavy atom. The van der Waals surface area contributed by atoms with E-state index in [4.69, 9.17) is 9.72 Å². The van der Waals surface area contributed by atoms with Crippen LogP contribution in [0.5, 0.6) is 5.88 Å². The summed E-state index contributed by atoms with van der Waals surface area (Å²) in [4.78, 5) is 35.8. The zero-order valence-corrected chi connectivity index (χ0v) is 28.4. The number of hydrogen-bond acceptors (Lipinski definition) is 10. The van der Waals surface area contributed by atoms with Crippen LogP contribution in [0.15, 0.2) is 65.8 Å². The van der Waals surface area contributed by atoms with Crippen molar-refractivity contribution in [2.24, 2.45) is 5.41 Å². The number of carbonyl (C=O) groups excluding carboxylic acids is 1. The lowest BCUT2D eigenvalue weighted by Crippen LogP contribution is -2.45. The average Bonchev–Trinajstić information content (AvgIpc) is 3.01. The van der Waals surface area contributed by atoms with Gasteiger partial charge in [0.05, 0.1) is 47.9 Å². The fraction of sp³-hybridized carbons (Fsp3) is 0.382. The molecule has 2 N–H and O–H groups in total. The van der Waals surface area contributed by atoms with Crippen LogP contribution < -0.4 is 14.4 Å². The molecular formula is C34H41N7O5S. The number of carbonyl (C=O) groups is 1. The summed E-state index contributed by atoms with van der Waals surface area (Å²) in [6, 6.07) is 13.0. The maximum Gasteiger partial charge on any atom is 0.264 e. The summed E-state index contributed by atoms with van der Waals surface area (Å²) in [6.07, 6.45) is 3.74. The van der Waals surface area contributed by atoms with E-state index in [1.54, 1.807) is 47.4 Å². The van der Waals surface area contributed by atoms with E-state index in [0.29, 0.717) is 30.2 Å². The highest BCUT2D eigenvalue weighted by Crippen LogP contribution is 2.31. The van der Waals surface area contributed by atoms with E-state index in [1.807, 2.05) is 32.0 Å². The molecule has 1 amide bonds. The van der Waals surface area contributed by atoms with Gasteiger partial charge in [-0.3, -0.25) is 9.78 Å². The van der Waals surface area contributed by atoms with Crippen LogP contribution in [0, 0.1) is 19.3 Å². The van der Waals surface area contributed by atoms with Gasteiger partial charge in [-0.1, -0.05) is 45.0 Å². The molecule has 0 saturated heterocycles. The molecule has 3 heterocycles. The molecule has 2 aromatic carbocycles. The summed E-state index contributed by atoms with van der Waals surface area (Å²) in [7, 11) is -2.39. The summed E-state index contributed by atoms with van der Waals surface area (Å²) in [5, 5.41) is 9.42. The van der Waals surface area contributed by atoms with Gasteiger partial charge in [0.1, 0.15) is 12.4 Å². The molecule has 0 spiro atoms. The number of nitrogens with zero attached hydrogens (tertiary/aromatic N) is 6. The lowest BCUT2D eigenvalue weighted by atomic mass is 9.87. The molecule has 2 aromatic heterocycles. The number of benzene rings is 2. The van der Waals surface area contributed by atoms with Crippen LogP contribution in [-0.2, 0) is 16.6 Å². The zero-order chi connectivity index (χ0) is 33.9. The van der Waals surface area contributed by atoms with Crippen LogP contribution in [-0.4, -0.2) is 77.1 Å². The first kappa shape index (κ1) is 33.7. The third-order valence-electron chi connectivity index (χ3n) is 7.86. The molecule has 0 fully saturated rings. The Labute approximate surface area is 275 Å². The van der Waals surface area contributed by atoms with E-state index < -0.39 is 16.1 Å². The molecule has 1 aliphatic rings. The van der Waals surface area contributed by atoms with Crippen molar-refractivity contribution in [3.63, 3.8) is 0 Å². The lowest BCUT2D eigenvalue weighted by Gasteiger charge is -2.35. The molecule has 0 unspecified atom stereocenters. The van der Waals surface area contributed by atoms with Crippen molar-refractivity contribution in [1.82, 2.24) is 24.8 Å². The van der Waals surface area contributed by atoms with Gasteiger partial charge in [0.15, 0.2) is 0 Å². The zero-order valence-electron chi connectivity index (χ0n) is 27.6. The third-order valence-corrected chi connectivity index (χ3v) is 9.19. The average molecular weight is 660 g/mol. The fourth-order valence-corrected chi connectivity index (χ4v) is 6.63. The number of hydrogen-bond donors (Lipinski definition) is 2. The predicted octanol–water partition coefficient (Wildman–Crippen LogP) is 4.62. The molecular weight excluding hydrogens is 618 g/mol. The van der Waals surface area contributed by atoms with Crippen molar-refractivity contribution >= 4 is 27.7 Å². The SMILES string of the molecule is Cc1cccc(C)c1-c1cc2nc(n1)NS(=O)(=O)c1cccc(c1)C(=O)N(Cc1cncc(N(C)CCO)n1)[C@H](CC(C)(C)C)CO2. The second kappa shape index (κ2) is 13.6. The van der Waals surface area contributed by atoms with Crippen molar-refractivity contribution in [2.45, 2.75) is 58.5 Å². The van der Waals surface area contributed by atoms with Gasteiger partial charge in [0.25, 0.3) is 15.9 Å². The highest BCUT2D eigenvalue weighted by molar-refractivity contribution is 7.92. The molecule has 5 rings (SSSR count). The minimum atomic E-state index is -4.19. The van der Waals surface area contributed by atoms with Gasteiger partial charge in [0, 0.05) is 30.8 Å². The van der Waals surface area contributed by atoms with E-state index in [0.717, 1.165) is 16.7 Å². The van der Waals surface area contributed by atoms with Gasteiger partial charge in [0.2, 0.25) is 11.8 Å². The van der Waals surface area contributed by atoms with Gasteiger partial charge in [-0.25, -0.2) is 23.1 Å². The Kier molecular flexibility index (Phi) is 9.78. The van der Waals surface area contributed by atoms with Crippen molar-refractivity contribution in [3.05, 3.63) is 83.3 Å². The van der Waals surface area contributed by atoms with Crippen LogP contribution in [0.25, 0.3) is 11.3 Å².